The maximum Gasteiger partial charge on any atom is 0.304 e. The van der Waals surface area contributed by atoms with Gasteiger partial charge in [0.25, 0.3) is 0 Å². The van der Waals surface area contributed by atoms with E-state index in [0.29, 0.717) is 13.2 Å². The van der Waals surface area contributed by atoms with E-state index in [4.69, 9.17) is 8.37 Å². The lowest BCUT2D eigenvalue weighted by atomic mass is 9.80. The second-order valence-corrected chi connectivity index (χ2v) is 4.61. The fourth-order valence-electron chi connectivity index (χ4n) is 1.76. The van der Waals surface area contributed by atoms with Gasteiger partial charge in [0.1, 0.15) is 0 Å². The molecule has 1 heterocycles. The SMILES string of the molecule is CCC1(c2ccccc2)COS(=O)OC1. The fourth-order valence-corrected chi connectivity index (χ4v) is 2.48. The Balaban J connectivity index is 2.26. The first-order chi connectivity index (χ1) is 7.27. The Morgan fingerprint density at radius 2 is 1.87 bits per heavy atom. The first-order valence-corrected chi connectivity index (χ1v) is 6.01. The molecule has 1 saturated heterocycles. The zero-order valence-electron chi connectivity index (χ0n) is 8.64. The molecule has 0 bridgehead atoms. The molecule has 2 rings (SSSR count). The molecule has 3 nitrogen and oxygen atoms in total. The molecule has 15 heavy (non-hydrogen) atoms. The van der Waals surface area contributed by atoms with Crippen LogP contribution in [0.5, 0.6) is 0 Å². The van der Waals surface area contributed by atoms with Crippen LogP contribution < -0.4 is 0 Å². The van der Waals surface area contributed by atoms with Crippen LogP contribution in [0.2, 0.25) is 0 Å². The Labute approximate surface area is 92.3 Å². The Hall–Kier alpha value is -0.710. The smallest absolute Gasteiger partial charge is 0.267 e. The Kier molecular flexibility index (Phi) is 3.19. The maximum absolute atomic E-state index is 11.0. The maximum atomic E-state index is 11.0. The van der Waals surface area contributed by atoms with Crippen molar-refractivity contribution in [1.29, 1.82) is 0 Å². The van der Waals surface area contributed by atoms with E-state index in [1.165, 1.54) is 5.56 Å². The zero-order chi connectivity index (χ0) is 10.7. The van der Waals surface area contributed by atoms with Crippen molar-refractivity contribution in [3.05, 3.63) is 35.9 Å². The lowest BCUT2D eigenvalue weighted by Crippen LogP contribution is -2.41. The Bertz CT molecular complexity index is 340. The number of hydrogen-bond donors (Lipinski definition) is 0. The van der Waals surface area contributed by atoms with Crippen LogP contribution in [0, 0.1) is 0 Å². The van der Waals surface area contributed by atoms with Gasteiger partial charge >= 0.3 is 11.4 Å². The van der Waals surface area contributed by atoms with Gasteiger partial charge in [0.2, 0.25) is 0 Å². The monoisotopic (exact) mass is 226 g/mol. The minimum absolute atomic E-state index is 0.144. The normalized spacial score (nSPS) is 31.4. The summed E-state index contributed by atoms with van der Waals surface area (Å²) in [6.07, 6.45) is 0.911. The highest BCUT2D eigenvalue weighted by Gasteiger charge is 2.36. The van der Waals surface area contributed by atoms with Gasteiger partial charge in [-0.1, -0.05) is 37.3 Å². The largest absolute Gasteiger partial charge is 0.304 e. The topological polar surface area (TPSA) is 35.5 Å². The van der Waals surface area contributed by atoms with Gasteiger partial charge in [-0.2, -0.15) is 4.21 Å². The van der Waals surface area contributed by atoms with Gasteiger partial charge in [-0.3, -0.25) is 8.37 Å². The summed E-state index contributed by atoms with van der Waals surface area (Å²) in [5, 5.41) is 0. The molecular formula is C11H14O3S. The van der Waals surface area contributed by atoms with Gasteiger partial charge in [-0.25, -0.2) is 0 Å². The highest BCUT2D eigenvalue weighted by atomic mass is 32.2. The van der Waals surface area contributed by atoms with E-state index in [-0.39, 0.29) is 5.41 Å². The van der Waals surface area contributed by atoms with Crippen LogP contribution in [-0.2, 0) is 25.1 Å². The minimum atomic E-state index is -1.56. The number of rotatable bonds is 2. The molecule has 82 valence electrons. The van der Waals surface area contributed by atoms with Gasteiger partial charge in [0.15, 0.2) is 0 Å². The van der Waals surface area contributed by atoms with Gasteiger partial charge in [-0.15, -0.1) is 0 Å². The van der Waals surface area contributed by atoms with E-state index in [0.717, 1.165) is 6.42 Å². The predicted octanol–water partition coefficient (Wildman–Crippen LogP) is 1.96. The molecule has 0 saturated carbocycles. The van der Waals surface area contributed by atoms with E-state index in [1.807, 2.05) is 18.2 Å². The summed E-state index contributed by atoms with van der Waals surface area (Å²) in [6, 6.07) is 10.1. The standard InChI is InChI=1S/C11H14O3S/c1-2-11(8-13-15(12)14-9-11)10-6-4-3-5-7-10/h3-7H,2,8-9H2,1H3. The molecule has 0 atom stereocenters. The van der Waals surface area contributed by atoms with Crippen molar-refractivity contribution in [2.75, 3.05) is 13.2 Å². The van der Waals surface area contributed by atoms with E-state index >= 15 is 0 Å². The molecule has 0 amide bonds. The molecule has 0 aliphatic carbocycles. The average molecular weight is 226 g/mol. The second kappa shape index (κ2) is 4.43. The molecule has 1 aromatic carbocycles. The van der Waals surface area contributed by atoms with Gasteiger partial charge in [0, 0.05) is 5.41 Å². The van der Waals surface area contributed by atoms with Crippen molar-refractivity contribution in [3.63, 3.8) is 0 Å². The summed E-state index contributed by atoms with van der Waals surface area (Å²) in [7, 11) is 0. The first-order valence-electron chi connectivity index (χ1n) is 5.01. The molecule has 0 radical (unpaired) electrons. The molecule has 4 heteroatoms. The third-order valence-corrected chi connectivity index (χ3v) is 3.55. The molecule has 0 spiro atoms. The van der Waals surface area contributed by atoms with Crippen molar-refractivity contribution in [2.24, 2.45) is 0 Å². The van der Waals surface area contributed by atoms with Crippen molar-refractivity contribution in [2.45, 2.75) is 18.8 Å². The van der Waals surface area contributed by atoms with Crippen LogP contribution in [0.25, 0.3) is 0 Å². The highest BCUT2D eigenvalue weighted by Crippen LogP contribution is 2.32. The summed E-state index contributed by atoms with van der Waals surface area (Å²) in [5.74, 6) is 0. The molecule has 0 unspecified atom stereocenters. The fraction of sp³-hybridized carbons (Fsp3) is 0.455. The van der Waals surface area contributed by atoms with Crippen molar-refractivity contribution >= 4 is 11.4 Å². The van der Waals surface area contributed by atoms with E-state index in [2.05, 4.69) is 19.1 Å². The summed E-state index contributed by atoms with van der Waals surface area (Å²) in [4.78, 5) is 0. The van der Waals surface area contributed by atoms with E-state index in [1.54, 1.807) is 0 Å². The second-order valence-electron chi connectivity index (χ2n) is 3.73. The average Bonchev–Trinajstić information content (AvgIpc) is 2.32. The van der Waals surface area contributed by atoms with E-state index in [9.17, 15) is 4.21 Å². The van der Waals surface area contributed by atoms with Crippen LogP contribution in [-0.4, -0.2) is 17.4 Å². The van der Waals surface area contributed by atoms with E-state index < -0.39 is 11.4 Å². The van der Waals surface area contributed by atoms with Crippen molar-refractivity contribution in [3.8, 4) is 0 Å². The molecule has 1 aliphatic rings. The third kappa shape index (κ3) is 2.12. The molecule has 1 aromatic rings. The van der Waals surface area contributed by atoms with Crippen molar-refractivity contribution in [1.82, 2.24) is 0 Å². The molecule has 1 fully saturated rings. The van der Waals surface area contributed by atoms with Gasteiger partial charge < -0.3 is 0 Å². The Morgan fingerprint density at radius 1 is 1.27 bits per heavy atom. The van der Waals surface area contributed by atoms with Gasteiger partial charge in [0.05, 0.1) is 13.2 Å². The predicted molar refractivity (Wildman–Crippen MR) is 58.5 cm³/mol. The highest BCUT2D eigenvalue weighted by molar-refractivity contribution is 7.75. The lowest BCUT2D eigenvalue weighted by molar-refractivity contribution is 0.0913. The van der Waals surface area contributed by atoms with Crippen LogP contribution in [0.15, 0.2) is 30.3 Å². The summed E-state index contributed by atoms with van der Waals surface area (Å²) >= 11 is -1.56. The number of benzene rings is 1. The van der Waals surface area contributed by atoms with Gasteiger partial charge in [-0.05, 0) is 12.0 Å². The summed E-state index contributed by atoms with van der Waals surface area (Å²) in [5.41, 5.74) is 1.04. The van der Waals surface area contributed by atoms with Crippen LogP contribution in [0.4, 0.5) is 0 Å². The van der Waals surface area contributed by atoms with Crippen LogP contribution >= 0.6 is 0 Å². The Morgan fingerprint density at radius 3 is 2.40 bits per heavy atom. The quantitative estimate of drug-likeness (QED) is 0.773. The molecular weight excluding hydrogens is 212 g/mol. The molecule has 0 N–H and O–H groups in total. The van der Waals surface area contributed by atoms with Crippen LogP contribution in [0.3, 0.4) is 0 Å². The summed E-state index contributed by atoms with van der Waals surface area (Å²) < 4.78 is 21.1. The zero-order valence-corrected chi connectivity index (χ0v) is 9.46. The third-order valence-electron chi connectivity index (χ3n) is 2.93. The van der Waals surface area contributed by atoms with Crippen LogP contribution in [0.1, 0.15) is 18.9 Å². The first kappa shape index (κ1) is 10.8. The minimum Gasteiger partial charge on any atom is -0.267 e. The molecule has 1 aliphatic heterocycles. The number of hydrogen-bond acceptors (Lipinski definition) is 3. The summed E-state index contributed by atoms with van der Waals surface area (Å²) in [6.45, 7) is 3.01. The van der Waals surface area contributed by atoms with Crippen molar-refractivity contribution < 1.29 is 12.6 Å². The molecule has 0 aromatic heterocycles. The lowest BCUT2D eigenvalue weighted by Gasteiger charge is -2.34.